The zero-order chi connectivity index (χ0) is 28.1. The van der Waals surface area contributed by atoms with Crippen molar-refractivity contribution in [1.29, 1.82) is 0 Å². The number of aryl methyl sites for hydroxylation is 2. The molecule has 37 heavy (non-hydrogen) atoms. The van der Waals surface area contributed by atoms with E-state index < -0.39 is 24.1 Å². The maximum absolute atomic E-state index is 12.8. The second kappa shape index (κ2) is 14.8. The minimum Gasteiger partial charge on any atom is -0.465 e. The minimum absolute atomic E-state index is 0.237. The van der Waals surface area contributed by atoms with Crippen molar-refractivity contribution in [2.45, 2.75) is 32.7 Å². The highest BCUT2D eigenvalue weighted by Gasteiger charge is 2.23. The SMILES string of the molecule is CC(=O)Nc1nc(CCc2ccc(NC=NC(=O)O)cc2)c(C(=O)N[C@@H](C)C(=O)N(C)C)s1.NC(=O)O. The topological polar surface area (TPSA) is 216 Å². The fourth-order valence-corrected chi connectivity index (χ4v) is 3.77. The second-order valence-corrected chi connectivity index (χ2v) is 8.62. The Hall–Kier alpha value is -4.53. The molecule has 0 saturated carbocycles. The first-order valence-corrected chi connectivity index (χ1v) is 11.5. The predicted octanol–water partition coefficient (Wildman–Crippen LogP) is 1.83. The van der Waals surface area contributed by atoms with Gasteiger partial charge in [0.25, 0.3) is 5.91 Å². The third-order valence-electron chi connectivity index (χ3n) is 4.36. The minimum atomic E-state index is -1.33. The summed E-state index contributed by atoms with van der Waals surface area (Å²) >= 11 is 1.05. The predicted molar refractivity (Wildman–Crippen MR) is 138 cm³/mol. The smallest absolute Gasteiger partial charge is 0.432 e. The van der Waals surface area contributed by atoms with Gasteiger partial charge in [-0.05, 0) is 37.5 Å². The average Bonchev–Trinajstić information content (AvgIpc) is 3.19. The summed E-state index contributed by atoms with van der Waals surface area (Å²) in [5.74, 6) is -0.967. The van der Waals surface area contributed by atoms with Gasteiger partial charge in [0.1, 0.15) is 10.9 Å². The van der Waals surface area contributed by atoms with Crippen LogP contribution >= 0.6 is 11.3 Å². The Bertz CT molecular complexity index is 1140. The molecule has 0 aliphatic rings. The number of primary amides is 1. The average molecular weight is 536 g/mol. The lowest BCUT2D eigenvalue weighted by Crippen LogP contribution is -2.44. The number of anilines is 2. The molecule has 0 spiro atoms. The van der Waals surface area contributed by atoms with Gasteiger partial charge in [-0.2, -0.15) is 4.99 Å². The zero-order valence-electron chi connectivity index (χ0n) is 20.6. The van der Waals surface area contributed by atoms with E-state index in [1.807, 2.05) is 12.1 Å². The second-order valence-electron chi connectivity index (χ2n) is 7.62. The Morgan fingerprint density at radius 1 is 1.14 bits per heavy atom. The molecule has 15 heteroatoms. The summed E-state index contributed by atoms with van der Waals surface area (Å²) in [4.78, 5) is 64.8. The molecule has 0 radical (unpaired) electrons. The van der Waals surface area contributed by atoms with Crippen LogP contribution in [0.2, 0.25) is 0 Å². The highest BCUT2D eigenvalue weighted by molar-refractivity contribution is 7.17. The first-order chi connectivity index (χ1) is 17.3. The van der Waals surface area contributed by atoms with Crippen molar-refractivity contribution < 1.29 is 34.2 Å². The summed E-state index contributed by atoms with van der Waals surface area (Å²) in [5.41, 5.74) is 6.18. The maximum atomic E-state index is 12.8. The molecule has 0 saturated heterocycles. The molecule has 0 aliphatic carbocycles. The lowest BCUT2D eigenvalue weighted by atomic mass is 10.1. The van der Waals surface area contributed by atoms with Crippen molar-refractivity contribution in [2.75, 3.05) is 24.7 Å². The van der Waals surface area contributed by atoms with Gasteiger partial charge < -0.3 is 36.8 Å². The van der Waals surface area contributed by atoms with E-state index in [-0.39, 0.29) is 11.8 Å². The van der Waals surface area contributed by atoms with Gasteiger partial charge in [-0.15, -0.1) is 0 Å². The number of hydrogen-bond donors (Lipinski definition) is 6. The quantitative estimate of drug-likeness (QED) is 0.203. The Balaban J connectivity index is 0.00000159. The monoisotopic (exact) mass is 535 g/mol. The summed E-state index contributed by atoms with van der Waals surface area (Å²) in [6, 6.07) is 6.55. The van der Waals surface area contributed by atoms with Gasteiger partial charge in [0.05, 0.1) is 12.0 Å². The number of aliphatic imine (C=N–C) groups is 1. The molecule has 1 aromatic heterocycles. The normalized spacial score (nSPS) is 11.0. The van der Waals surface area contributed by atoms with Gasteiger partial charge in [-0.1, -0.05) is 23.5 Å². The first-order valence-electron chi connectivity index (χ1n) is 10.7. The number of amides is 5. The van der Waals surface area contributed by atoms with Crippen molar-refractivity contribution in [3.8, 4) is 0 Å². The molecule has 1 heterocycles. The lowest BCUT2D eigenvalue weighted by Gasteiger charge is -2.17. The van der Waals surface area contributed by atoms with Crippen LogP contribution in [0, 0.1) is 0 Å². The van der Waals surface area contributed by atoms with Gasteiger partial charge >= 0.3 is 12.2 Å². The van der Waals surface area contributed by atoms with Crippen molar-refractivity contribution in [2.24, 2.45) is 10.7 Å². The number of hydrogen-bond acceptors (Lipinski definition) is 7. The molecule has 7 N–H and O–H groups in total. The molecule has 14 nitrogen and oxygen atoms in total. The maximum Gasteiger partial charge on any atom is 0.432 e. The van der Waals surface area contributed by atoms with Crippen molar-refractivity contribution in [3.05, 3.63) is 40.4 Å². The molecule has 5 amide bonds. The number of carboxylic acid groups (broad SMARTS) is 2. The Kier molecular flexibility index (Phi) is 12.2. The summed E-state index contributed by atoms with van der Waals surface area (Å²) in [6.07, 6.45) is -0.536. The number of thiazole rings is 1. The van der Waals surface area contributed by atoms with E-state index in [1.165, 1.54) is 11.8 Å². The van der Waals surface area contributed by atoms with E-state index in [0.29, 0.717) is 34.2 Å². The van der Waals surface area contributed by atoms with Crippen LogP contribution in [0.1, 0.15) is 34.8 Å². The molecule has 2 aromatic rings. The molecule has 0 bridgehead atoms. The molecule has 0 unspecified atom stereocenters. The molecule has 0 aliphatic heterocycles. The van der Waals surface area contributed by atoms with E-state index in [4.69, 9.17) is 15.0 Å². The van der Waals surface area contributed by atoms with E-state index in [9.17, 15) is 19.2 Å². The lowest BCUT2D eigenvalue weighted by molar-refractivity contribution is -0.130. The van der Waals surface area contributed by atoms with E-state index in [0.717, 1.165) is 23.2 Å². The number of nitrogens with two attached hydrogens (primary N) is 1. The van der Waals surface area contributed by atoms with Crippen LogP contribution in [0.4, 0.5) is 20.4 Å². The molecule has 1 aromatic carbocycles. The van der Waals surface area contributed by atoms with Crippen molar-refractivity contribution in [1.82, 2.24) is 15.2 Å². The third-order valence-corrected chi connectivity index (χ3v) is 5.37. The van der Waals surface area contributed by atoms with Gasteiger partial charge in [0, 0.05) is 26.7 Å². The Labute approximate surface area is 216 Å². The number of carbonyl (C=O) groups is 5. The van der Waals surface area contributed by atoms with E-state index >= 15 is 0 Å². The number of benzene rings is 1. The molecule has 2 rings (SSSR count). The van der Waals surface area contributed by atoms with Crippen LogP contribution < -0.4 is 21.7 Å². The zero-order valence-corrected chi connectivity index (χ0v) is 21.5. The number of nitrogens with zero attached hydrogens (tertiary/aromatic N) is 3. The van der Waals surface area contributed by atoms with Crippen LogP contribution in [0.25, 0.3) is 0 Å². The fraction of sp³-hybridized carbons (Fsp3) is 0.318. The standard InChI is InChI=1S/C21H26N6O5S.CH3NO2/c1-12(19(30)27(3)4)24-18(29)17-16(26-20(33-17)25-13(2)28)10-7-14-5-8-15(9-6-14)22-11-23-21(31)32;2-1(3)4/h5-6,8-9,11-12H,7,10H2,1-4H3,(H,22,23)(H,24,29)(H,31,32)(H,25,26,28);2H2,(H,3,4)/t12-;/m0./s1. The number of carbonyl (C=O) groups excluding carboxylic acids is 3. The highest BCUT2D eigenvalue weighted by Crippen LogP contribution is 2.25. The summed E-state index contributed by atoms with van der Waals surface area (Å²) in [6.45, 7) is 2.96. The van der Waals surface area contributed by atoms with Crippen LogP contribution in [0.5, 0.6) is 0 Å². The number of rotatable bonds is 9. The summed E-state index contributed by atoms with van der Waals surface area (Å²) < 4.78 is 0. The largest absolute Gasteiger partial charge is 0.465 e. The van der Waals surface area contributed by atoms with Crippen molar-refractivity contribution in [3.63, 3.8) is 0 Å². The molecule has 0 fully saturated rings. The molecular weight excluding hydrogens is 506 g/mol. The molecular formula is C22H29N7O7S. The van der Waals surface area contributed by atoms with Crippen LogP contribution in [0.3, 0.4) is 0 Å². The van der Waals surface area contributed by atoms with Crippen molar-refractivity contribution >= 4 is 58.4 Å². The van der Waals surface area contributed by atoms with E-state index in [2.05, 4.69) is 31.7 Å². The summed E-state index contributed by atoms with van der Waals surface area (Å²) in [5, 5.41) is 24.0. The Morgan fingerprint density at radius 2 is 1.73 bits per heavy atom. The van der Waals surface area contributed by atoms with Gasteiger partial charge in [-0.3, -0.25) is 14.4 Å². The molecule has 1 atom stereocenters. The fourth-order valence-electron chi connectivity index (χ4n) is 2.81. The van der Waals surface area contributed by atoms with Gasteiger partial charge in [0.2, 0.25) is 11.8 Å². The number of nitrogens with one attached hydrogen (secondary N) is 3. The summed E-state index contributed by atoms with van der Waals surface area (Å²) in [7, 11) is 3.22. The van der Waals surface area contributed by atoms with Gasteiger partial charge in [-0.25, -0.2) is 14.6 Å². The van der Waals surface area contributed by atoms with Crippen LogP contribution in [-0.4, -0.2) is 76.5 Å². The Morgan fingerprint density at radius 3 is 2.24 bits per heavy atom. The number of aromatic nitrogens is 1. The molecule has 200 valence electrons. The van der Waals surface area contributed by atoms with Gasteiger partial charge in [0.15, 0.2) is 5.13 Å². The third kappa shape index (κ3) is 11.6. The highest BCUT2D eigenvalue weighted by atomic mass is 32.1. The van der Waals surface area contributed by atoms with Crippen LogP contribution in [0.15, 0.2) is 29.3 Å². The first kappa shape index (κ1) is 30.5. The van der Waals surface area contributed by atoms with E-state index in [1.54, 1.807) is 33.2 Å². The van der Waals surface area contributed by atoms with Crippen LogP contribution in [-0.2, 0) is 22.4 Å². The number of likely N-dealkylation sites (N-methyl/N-ethyl adjacent to an activating group) is 1.